The maximum atomic E-state index is 12.8. The van der Waals surface area contributed by atoms with Gasteiger partial charge in [-0.25, -0.2) is 9.59 Å². The zero-order valence-corrected chi connectivity index (χ0v) is 25.0. The average molecular weight is 634 g/mol. The van der Waals surface area contributed by atoms with Crippen LogP contribution < -0.4 is 24.4 Å². The lowest BCUT2D eigenvalue weighted by Gasteiger charge is -2.27. The summed E-state index contributed by atoms with van der Waals surface area (Å²) >= 11 is 0. The molecule has 0 bridgehead atoms. The van der Waals surface area contributed by atoms with E-state index in [1.807, 2.05) is 19.1 Å². The number of amides is 1. The molecule has 45 heavy (non-hydrogen) atoms. The summed E-state index contributed by atoms with van der Waals surface area (Å²) in [5.74, 6) is -1.74. The number of carbonyl (C=O) groups is 4. The highest BCUT2D eigenvalue weighted by Gasteiger charge is 2.30. The Balaban J connectivity index is 0.000000477. The quantitative estimate of drug-likeness (QED) is 0.132. The van der Waals surface area contributed by atoms with E-state index in [0.29, 0.717) is 54.6 Å². The molecule has 14 nitrogen and oxygen atoms in total. The van der Waals surface area contributed by atoms with E-state index in [4.69, 9.17) is 34.6 Å². The fraction of sp³-hybridized carbons (Fsp3) is 0.484. The highest BCUT2D eigenvalue weighted by molar-refractivity contribution is 5.95. The molecule has 14 heteroatoms. The van der Waals surface area contributed by atoms with Crippen molar-refractivity contribution in [2.24, 2.45) is 0 Å². The summed E-state index contributed by atoms with van der Waals surface area (Å²) in [6.07, 6.45) is -2.46. The Hall–Kier alpha value is -4.24. The molecular weight excluding hydrogens is 592 g/mol. The summed E-state index contributed by atoms with van der Waals surface area (Å²) < 4.78 is 16.9. The number of carbonyl (C=O) groups excluding carboxylic acids is 2. The van der Waals surface area contributed by atoms with E-state index in [1.165, 1.54) is 4.90 Å². The highest BCUT2D eigenvalue weighted by Crippen LogP contribution is 2.33. The van der Waals surface area contributed by atoms with Gasteiger partial charge in [-0.3, -0.25) is 9.59 Å². The zero-order chi connectivity index (χ0) is 32.9. The van der Waals surface area contributed by atoms with E-state index in [9.17, 15) is 24.3 Å². The van der Waals surface area contributed by atoms with Crippen molar-refractivity contribution in [3.8, 4) is 17.2 Å². The number of fused-ring (bicyclic) bond motifs is 1. The minimum Gasteiger partial charge on any atom is -0.493 e. The number of nitrogens with one attached hydrogen (secondary N) is 2. The smallest absolute Gasteiger partial charge is 0.335 e. The number of carboxylic acids is 2. The third-order valence-corrected chi connectivity index (χ3v) is 7.35. The minimum absolute atomic E-state index is 0.0821. The fourth-order valence-electron chi connectivity index (χ4n) is 4.86. The second kappa shape index (κ2) is 17.3. The Labute approximate surface area is 260 Å². The number of aliphatic hydroxyl groups excluding tert-OH is 3. The molecule has 2 aromatic rings. The van der Waals surface area contributed by atoms with E-state index in [0.717, 1.165) is 25.9 Å². The van der Waals surface area contributed by atoms with Gasteiger partial charge in [0.15, 0.2) is 29.5 Å². The van der Waals surface area contributed by atoms with E-state index in [2.05, 4.69) is 5.32 Å². The van der Waals surface area contributed by atoms with E-state index in [-0.39, 0.29) is 24.7 Å². The molecule has 2 aliphatic heterocycles. The topological polar surface area (TPSA) is 214 Å². The van der Waals surface area contributed by atoms with E-state index in [1.54, 1.807) is 30.3 Å². The van der Waals surface area contributed by atoms with Crippen molar-refractivity contribution in [2.75, 3.05) is 39.5 Å². The van der Waals surface area contributed by atoms with Crippen molar-refractivity contribution in [3.63, 3.8) is 0 Å². The summed E-state index contributed by atoms with van der Waals surface area (Å²) in [4.78, 5) is 45.4. The van der Waals surface area contributed by atoms with Crippen LogP contribution in [0.4, 0.5) is 0 Å². The van der Waals surface area contributed by atoms with Crippen LogP contribution in [0.15, 0.2) is 42.5 Å². The molecule has 4 atom stereocenters. The van der Waals surface area contributed by atoms with Crippen molar-refractivity contribution in [2.45, 2.75) is 57.0 Å². The first-order valence-corrected chi connectivity index (χ1v) is 14.8. The number of likely N-dealkylation sites (tertiary alicyclic amines) is 1. The fourth-order valence-corrected chi connectivity index (χ4v) is 4.86. The van der Waals surface area contributed by atoms with Crippen LogP contribution in [0.2, 0.25) is 0 Å². The lowest BCUT2D eigenvalue weighted by atomic mass is 10.0. The SMILES string of the molecule is CCC(=O)c1ccc(OCCC(=O)N[C@H](C[NH+]2CCCC2)[C@H](O)c2ccc3c(c2)OCCO3)cc1.O=C(O)[C@H](O)[C@@H](O)C(=O)O. The number of ether oxygens (including phenoxy) is 3. The van der Waals surface area contributed by atoms with Gasteiger partial charge >= 0.3 is 11.9 Å². The van der Waals surface area contributed by atoms with Gasteiger partial charge in [0, 0.05) is 24.8 Å². The Morgan fingerprint density at radius 2 is 1.49 bits per heavy atom. The van der Waals surface area contributed by atoms with Crippen LogP contribution in [0, 0.1) is 0 Å². The second-order valence-corrected chi connectivity index (χ2v) is 10.6. The van der Waals surface area contributed by atoms with Crippen LogP contribution in [-0.2, 0) is 14.4 Å². The lowest BCUT2D eigenvalue weighted by molar-refractivity contribution is -0.889. The van der Waals surface area contributed by atoms with Crippen LogP contribution in [0.5, 0.6) is 17.2 Å². The molecule has 1 amide bonds. The molecule has 0 aromatic heterocycles. The molecule has 0 unspecified atom stereocenters. The molecule has 4 rings (SSSR count). The predicted octanol–water partition coefficient (Wildman–Crippen LogP) is -0.406. The third-order valence-electron chi connectivity index (χ3n) is 7.35. The molecule has 1 fully saturated rings. The first-order valence-electron chi connectivity index (χ1n) is 14.8. The number of ketones is 1. The second-order valence-electron chi connectivity index (χ2n) is 10.6. The summed E-state index contributed by atoms with van der Waals surface area (Å²) in [5.41, 5.74) is 1.34. The molecule has 2 aliphatic rings. The standard InChI is InChI=1S/C27H34N2O6.C4H6O6/c1-2-23(30)19-5-8-21(9-6-19)33-14-11-26(31)28-22(18-29-12-3-4-13-29)27(32)20-7-10-24-25(17-20)35-16-15-34-24;5-1(3(7)8)2(6)4(9)10/h5-10,17,22,27,32H,2-4,11-16,18H2,1H3,(H,28,31);1-2,5-6H,(H,7,8)(H,9,10)/p+1/t22-,27-;1-,2-/m11/s1. The van der Waals surface area contributed by atoms with Gasteiger partial charge in [-0.15, -0.1) is 0 Å². The molecule has 0 saturated carbocycles. The Morgan fingerprint density at radius 1 is 0.889 bits per heavy atom. The molecule has 7 N–H and O–H groups in total. The Bertz CT molecular complexity index is 1280. The maximum Gasteiger partial charge on any atom is 0.335 e. The van der Waals surface area contributed by atoms with Crippen LogP contribution in [0.3, 0.4) is 0 Å². The summed E-state index contributed by atoms with van der Waals surface area (Å²) in [6, 6.07) is 12.0. The van der Waals surface area contributed by atoms with Gasteiger partial charge in [-0.05, 0) is 42.0 Å². The minimum atomic E-state index is -2.27. The molecule has 1 saturated heterocycles. The largest absolute Gasteiger partial charge is 0.493 e. The van der Waals surface area contributed by atoms with Gasteiger partial charge in [0.2, 0.25) is 5.91 Å². The number of carboxylic acid groups (broad SMARTS) is 2. The van der Waals surface area contributed by atoms with Gasteiger partial charge in [0.1, 0.15) is 37.7 Å². The van der Waals surface area contributed by atoms with Crippen LogP contribution in [0.1, 0.15) is 54.6 Å². The molecule has 0 spiro atoms. The van der Waals surface area contributed by atoms with Gasteiger partial charge in [0.25, 0.3) is 0 Å². The number of rotatable bonds is 14. The van der Waals surface area contributed by atoms with E-state index < -0.39 is 36.3 Å². The van der Waals surface area contributed by atoms with Gasteiger partial charge < -0.3 is 50.0 Å². The first-order chi connectivity index (χ1) is 21.5. The number of Topliss-reactive ketones (excluding diaryl/α,β-unsaturated/α-hetero) is 1. The normalized spacial score (nSPS) is 16.7. The lowest BCUT2D eigenvalue weighted by Crippen LogP contribution is -3.11. The van der Waals surface area contributed by atoms with Gasteiger partial charge in [-0.1, -0.05) is 13.0 Å². The Kier molecular flexibility index (Phi) is 13.5. The average Bonchev–Trinajstić information content (AvgIpc) is 3.56. The van der Waals surface area contributed by atoms with Gasteiger partial charge in [0.05, 0.1) is 26.1 Å². The van der Waals surface area contributed by atoms with Crippen molar-refractivity contribution >= 4 is 23.6 Å². The molecule has 246 valence electrons. The zero-order valence-electron chi connectivity index (χ0n) is 25.0. The van der Waals surface area contributed by atoms with Crippen molar-refractivity contribution < 1.29 is 63.8 Å². The number of hydrogen-bond donors (Lipinski definition) is 7. The number of aliphatic hydroxyl groups is 3. The Morgan fingerprint density at radius 3 is 2.07 bits per heavy atom. The van der Waals surface area contributed by atoms with Crippen LogP contribution in [-0.4, -0.2) is 107 Å². The first kappa shape index (κ1) is 35.2. The van der Waals surface area contributed by atoms with Crippen molar-refractivity contribution in [1.29, 1.82) is 0 Å². The third kappa shape index (κ3) is 10.7. The van der Waals surface area contributed by atoms with Gasteiger partial charge in [-0.2, -0.15) is 0 Å². The van der Waals surface area contributed by atoms with Crippen molar-refractivity contribution in [3.05, 3.63) is 53.6 Å². The summed E-state index contributed by atoms with van der Waals surface area (Å²) in [7, 11) is 0. The summed E-state index contributed by atoms with van der Waals surface area (Å²) in [6.45, 7) is 5.75. The van der Waals surface area contributed by atoms with Crippen LogP contribution >= 0.6 is 0 Å². The number of benzene rings is 2. The maximum absolute atomic E-state index is 12.8. The molecule has 0 aliphatic carbocycles. The summed E-state index contributed by atoms with van der Waals surface area (Å²) in [5, 5.41) is 46.8. The predicted molar refractivity (Wildman–Crippen MR) is 158 cm³/mol. The number of quaternary nitrogens is 1. The number of hydrogen-bond acceptors (Lipinski definition) is 10. The van der Waals surface area contributed by atoms with Crippen LogP contribution in [0.25, 0.3) is 0 Å². The van der Waals surface area contributed by atoms with E-state index >= 15 is 0 Å². The monoisotopic (exact) mass is 633 g/mol. The molecular formula is C31H41N2O12+. The van der Waals surface area contributed by atoms with Crippen molar-refractivity contribution in [1.82, 2.24) is 5.32 Å². The molecule has 2 heterocycles. The number of aliphatic carboxylic acids is 2. The highest BCUT2D eigenvalue weighted by atomic mass is 16.6. The molecule has 2 aromatic carbocycles. The molecule has 0 radical (unpaired) electrons.